The fraction of sp³-hybridized carbons (Fsp3) is 0.294. The fourth-order valence-electron chi connectivity index (χ4n) is 0.892. The van der Waals surface area contributed by atoms with Gasteiger partial charge in [-0.1, -0.05) is 35.1 Å². The lowest BCUT2D eigenvalue weighted by Crippen LogP contribution is -1.97. The summed E-state index contributed by atoms with van der Waals surface area (Å²) < 4.78 is 0. The van der Waals surface area contributed by atoms with Crippen LogP contribution < -0.4 is 0 Å². The van der Waals surface area contributed by atoms with E-state index in [-0.39, 0.29) is 30.5 Å². The Labute approximate surface area is 127 Å². The highest BCUT2D eigenvalue weighted by atomic mass is 16.3. The van der Waals surface area contributed by atoms with Crippen LogP contribution in [0.25, 0.3) is 0 Å². The molecule has 0 heterocycles. The molecule has 0 amide bonds. The van der Waals surface area contributed by atoms with Gasteiger partial charge in [-0.05, 0) is 48.6 Å². The molecule has 118 valence electrons. The number of rotatable bonds is 0. The zero-order valence-corrected chi connectivity index (χ0v) is 12.3. The van der Waals surface area contributed by atoms with Crippen molar-refractivity contribution in [2.45, 2.75) is 35.1 Å². The van der Waals surface area contributed by atoms with Gasteiger partial charge >= 0.3 is 0 Å². The minimum atomic E-state index is -0.121. The summed E-state index contributed by atoms with van der Waals surface area (Å²) in [6, 6.07) is 5.70. The van der Waals surface area contributed by atoms with Crippen LogP contribution in [0.3, 0.4) is 0 Å². The third kappa shape index (κ3) is 13.9. The topological polar surface area (TPSA) is 74.6 Å². The molecule has 4 nitrogen and oxygen atoms in total. The Balaban J connectivity index is -0.000000240. The smallest absolute Gasteiger partial charge is 0.178 e. The van der Waals surface area contributed by atoms with Gasteiger partial charge in [-0.3, -0.25) is 9.59 Å². The lowest BCUT2D eigenvalue weighted by Gasteiger charge is -1.88. The third-order valence-electron chi connectivity index (χ3n) is 1.67. The van der Waals surface area contributed by atoms with Gasteiger partial charge < -0.3 is 10.2 Å². The number of aromatic hydroxyl groups is 2. The number of carbonyl (C=O) groups is 2. The maximum atomic E-state index is 10.3. The summed E-state index contributed by atoms with van der Waals surface area (Å²) in [4.78, 5) is 20.6. The van der Waals surface area contributed by atoms with Crippen molar-refractivity contribution in [1.82, 2.24) is 0 Å². The molecule has 0 fully saturated rings. The highest BCUT2D eigenvalue weighted by molar-refractivity contribution is 6.14. The molecule has 0 radical (unpaired) electrons. The molecule has 0 aliphatic heterocycles. The quantitative estimate of drug-likeness (QED) is 0.559. The monoisotopic (exact) mass is 294 g/mol. The van der Waals surface area contributed by atoms with Gasteiger partial charge in [0.05, 0.1) is 0 Å². The Morgan fingerprint density at radius 2 is 0.810 bits per heavy atom. The Kier molecular flexibility index (Phi) is 17.7. The molecule has 0 saturated heterocycles. The minimum absolute atomic E-state index is 0. The van der Waals surface area contributed by atoms with Crippen LogP contribution in [0.2, 0.25) is 0 Å². The molecule has 0 spiro atoms. The van der Waals surface area contributed by atoms with Gasteiger partial charge in [-0.15, -0.1) is 0 Å². The predicted molar refractivity (Wildman–Crippen MR) is 87.5 cm³/mol. The van der Waals surface area contributed by atoms with Crippen molar-refractivity contribution in [2.24, 2.45) is 0 Å². The number of allylic oxidation sites excluding steroid dienone is 4. The molecule has 4 heteroatoms. The van der Waals surface area contributed by atoms with Crippen molar-refractivity contribution in [3.05, 3.63) is 48.6 Å². The summed E-state index contributed by atoms with van der Waals surface area (Å²) >= 11 is 0. The number of hydrogen-bond donors (Lipinski definition) is 2. The standard InChI is InChI=1S/C6H6O2.C6H4O2.2C2H6.CH4/c2*7-5-1-2-6(8)4-3-5;2*1-2;/h1-4,7-8H;1-4H;2*1-2H3;1H4. The molecule has 1 aliphatic carbocycles. The van der Waals surface area contributed by atoms with Crippen molar-refractivity contribution < 1.29 is 19.8 Å². The molecule has 0 bridgehead atoms. The molecule has 2 N–H and O–H groups in total. The average Bonchev–Trinajstić information content (AvgIpc) is 2.50. The van der Waals surface area contributed by atoms with Crippen molar-refractivity contribution in [3.63, 3.8) is 0 Å². The van der Waals surface area contributed by atoms with E-state index in [1.165, 1.54) is 48.6 Å². The SMILES string of the molecule is C.CC.CC.O=C1C=CC(=O)C=C1.Oc1ccc(O)cc1. The second kappa shape index (κ2) is 15.7. The Bertz CT molecular complexity index is 383. The number of benzene rings is 1. The van der Waals surface area contributed by atoms with Crippen molar-refractivity contribution in [1.29, 1.82) is 0 Å². The normalized spacial score (nSPS) is 10.7. The van der Waals surface area contributed by atoms with Crippen molar-refractivity contribution in [3.8, 4) is 11.5 Å². The molecular formula is C17H26O4. The Hall–Kier alpha value is -2.36. The van der Waals surface area contributed by atoms with E-state index in [2.05, 4.69) is 0 Å². The van der Waals surface area contributed by atoms with Gasteiger partial charge in [0.15, 0.2) is 11.6 Å². The lowest BCUT2D eigenvalue weighted by molar-refractivity contribution is -0.113. The Morgan fingerprint density at radius 1 is 0.619 bits per heavy atom. The largest absolute Gasteiger partial charge is 0.508 e. The fourth-order valence-corrected chi connectivity index (χ4v) is 0.892. The first kappa shape index (κ1) is 23.7. The highest BCUT2D eigenvalue weighted by Crippen LogP contribution is 2.13. The highest BCUT2D eigenvalue weighted by Gasteiger charge is 1.97. The van der Waals surface area contributed by atoms with E-state index < -0.39 is 0 Å². The summed E-state index contributed by atoms with van der Waals surface area (Å²) in [5.74, 6) is 0.0970. The summed E-state index contributed by atoms with van der Waals surface area (Å²) in [5, 5.41) is 17.3. The molecule has 0 atom stereocenters. The summed E-state index contributed by atoms with van der Waals surface area (Å²) in [6.45, 7) is 8.00. The molecule has 0 unspecified atom stereocenters. The van der Waals surface area contributed by atoms with E-state index in [9.17, 15) is 9.59 Å². The first-order valence-electron chi connectivity index (χ1n) is 6.50. The number of phenolic OH excluding ortho intramolecular Hbond substituents is 2. The van der Waals surface area contributed by atoms with Crippen LogP contribution in [-0.4, -0.2) is 21.8 Å². The molecule has 0 aromatic heterocycles. The van der Waals surface area contributed by atoms with Crippen LogP contribution in [0.15, 0.2) is 48.6 Å². The van der Waals surface area contributed by atoms with E-state index in [0.29, 0.717) is 0 Å². The molecular weight excluding hydrogens is 268 g/mol. The van der Waals surface area contributed by atoms with E-state index in [1.807, 2.05) is 27.7 Å². The number of phenols is 2. The van der Waals surface area contributed by atoms with Gasteiger partial charge in [0, 0.05) is 0 Å². The third-order valence-corrected chi connectivity index (χ3v) is 1.67. The maximum Gasteiger partial charge on any atom is 0.178 e. The second-order valence-corrected chi connectivity index (χ2v) is 2.99. The van der Waals surface area contributed by atoms with Crippen LogP contribution in [0.1, 0.15) is 35.1 Å². The van der Waals surface area contributed by atoms with Gasteiger partial charge in [0.25, 0.3) is 0 Å². The zero-order chi connectivity index (χ0) is 16.0. The van der Waals surface area contributed by atoms with Crippen LogP contribution in [0.5, 0.6) is 11.5 Å². The van der Waals surface area contributed by atoms with Crippen molar-refractivity contribution >= 4 is 11.6 Å². The zero-order valence-electron chi connectivity index (χ0n) is 12.3. The number of hydrogen-bond acceptors (Lipinski definition) is 4. The van der Waals surface area contributed by atoms with Crippen LogP contribution >= 0.6 is 0 Å². The minimum Gasteiger partial charge on any atom is -0.508 e. The molecule has 1 aromatic rings. The number of carbonyl (C=O) groups excluding carboxylic acids is 2. The maximum absolute atomic E-state index is 10.3. The average molecular weight is 294 g/mol. The van der Waals surface area contributed by atoms with Crippen LogP contribution in [0.4, 0.5) is 0 Å². The van der Waals surface area contributed by atoms with E-state index >= 15 is 0 Å². The van der Waals surface area contributed by atoms with Gasteiger partial charge in [-0.2, -0.15) is 0 Å². The second-order valence-electron chi connectivity index (χ2n) is 2.99. The first-order valence-corrected chi connectivity index (χ1v) is 6.50. The summed E-state index contributed by atoms with van der Waals surface area (Å²) in [6.07, 6.45) is 5.01. The van der Waals surface area contributed by atoms with Gasteiger partial charge in [0.2, 0.25) is 0 Å². The first-order chi connectivity index (χ1) is 9.58. The predicted octanol–water partition coefficient (Wildman–Crippen LogP) is 4.04. The molecule has 1 aromatic carbocycles. The van der Waals surface area contributed by atoms with E-state index in [1.54, 1.807) is 0 Å². The van der Waals surface area contributed by atoms with Crippen molar-refractivity contribution in [2.75, 3.05) is 0 Å². The van der Waals surface area contributed by atoms with Gasteiger partial charge in [-0.25, -0.2) is 0 Å². The molecule has 2 rings (SSSR count). The van der Waals surface area contributed by atoms with Crippen LogP contribution in [-0.2, 0) is 9.59 Å². The van der Waals surface area contributed by atoms with E-state index in [4.69, 9.17) is 10.2 Å². The molecule has 1 aliphatic rings. The van der Waals surface area contributed by atoms with Gasteiger partial charge in [0.1, 0.15) is 11.5 Å². The summed E-state index contributed by atoms with van der Waals surface area (Å²) in [7, 11) is 0. The lowest BCUT2D eigenvalue weighted by atomic mass is 10.2. The van der Waals surface area contributed by atoms with E-state index in [0.717, 1.165) is 0 Å². The molecule has 0 saturated carbocycles. The number of ketones is 2. The Morgan fingerprint density at radius 3 is 1.00 bits per heavy atom. The summed E-state index contributed by atoms with van der Waals surface area (Å²) in [5.41, 5.74) is 0. The van der Waals surface area contributed by atoms with Crippen LogP contribution in [0, 0.1) is 0 Å². The molecule has 21 heavy (non-hydrogen) atoms.